The molecular formula is C17H27N3O2. The first-order chi connectivity index (χ1) is 10.8. The molecule has 0 amide bonds. The monoisotopic (exact) mass is 305 g/mol. The fourth-order valence-electron chi connectivity index (χ4n) is 2.64. The predicted octanol–water partition coefficient (Wildman–Crippen LogP) is 2.45. The predicted molar refractivity (Wildman–Crippen MR) is 89.1 cm³/mol. The second kappa shape index (κ2) is 9.30. The molecule has 5 nitrogen and oxygen atoms in total. The number of ether oxygens (including phenoxy) is 2. The molecule has 0 aromatic heterocycles. The molecule has 1 fully saturated rings. The van der Waals surface area contributed by atoms with Crippen LogP contribution in [0, 0.1) is 0 Å². The number of nitrogens with two attached hydrogens (primary N) is 1. The fraction of sp³-hybridized carbons (Fsp3) is 0.588. The number of guanidine groups is 1. The Morgan fingerprint density at radius 1 is 1.23 bits per heavy atom. The average Bonchev–Trinajstić information content (AvgIpc) is 2.56. The molecule has 5 heteroatoms. The van der Waals surface area contributed by atoms with E-state index >= 15 is 0 Å². The van der Waals surface area contributed by atoms with Gasteiger partial charge in [0.15, 0.2) is 5.96 Å². The highest BCUT2D eigenvalue weighted by Gasteiger charge is 2.12. The van der Waals surface area contributed by atoms with Gasteiger partial charge in [-0.25, -0.2) is 0 Å². The maximum absolute atomic E-state index is 5.90. The summed E-state index contributed by atoms with van der Waals surface area (Å²) in [5, 5.41) is 3.30. The molecule has 1 aliphatic carbocycles. The van der Waals surface area contributed by atoms with Crippen LogP contribution >= 0.6 is 0 Å². The van der Waals surface area contributed by atoms with Crippen LogP contribution in [0.4, 0.5) is 0 Å². The molecule has 1 aliphatic rings. The van der Waals surface area contributed by atoms with Crippen LogP contribution in [-0.2, 0) is 11.3 Å². The van der Waals surface area contributed by atoms with Crippen LogP contribution in [-0.4, -0.2) is 32.3 Å². The third kappa shape index (κ3) is 5.93. The number of nitrogens with one attached hydrogen (secondary N) is 1. The molecule has 0 spiro atoms. The molecule has 3 N–H and O–H groups in total. The van der Waals surface area contributed by atoms with E-state index in [2.05, 4.69) is 10.3 Å². The van der Waals surface area contributed by atoms with E-state index < -0.39 is 0 Å². The van der Waals surface area contributed by atoms with Gasteiger partial charge >= 0.3 is 0 Å². The summed E-state index contributed by atoms with van der Waals surface area (Å²) < 4.78 is 10.7. The molecule has 0 heterocycles. The summed E-state index contributed by atoms with van der Waals surface area (Å²) in [6.45, 7) is 1.73. The SMILES string of the molecule is COc1ccc(COCCN=C(N)NC2CCCCC2)cc1. The van der Waals surface area contributed by atoms with Crippen molar-refractivity contribution in [1.82, 2.24) is 5.32 Å². The zero-order valence-corrected chi connectivity index (χ0v) is 13.4. The molecule has 0 bridgehead atoms. The molecule has 0 saturated heterocycles. The number of benzene rings is 1. The summed E-state index contributed by atoms with van der Waals surface area (Å²) in [4.78, 5) is 4.32. The van der Waals surface area contributed by atoms with E-state index in [1.165, 1.54) is 32.1 Å². The molecule has 0 atom stereocenters. The molecule has 1 aromatic rings. The van der Waals surface area contributed by atoms with E-state index in [-0.39, 0.29) is 0 Å². The highest BCUT2D eigenvalue weighted by Crippen LogP contribution is 2.17. The average molecular weight is 305 g/mol. The third-order valence-electron chi connectivity index (χ3n) is 3.90. The van der Waals surface area contributed by atoms with Gasteiger partial charge in [0.05, 0.1) is 26.9 Å². The number of methoxy groups -OCH3 is 1. The summed E-state index contributed by atoms with van der Waals surface area (Å²) in [6, 6.07) is 8.37. The number of nitrogens with zero attached hydrogens (tertiary/aromatic N) is 1. The van der Waals surface area contributed by atoms with Crippen molar-refractivity contribution in [1.29, 1.82) is 0 Å². The highest BCUT2D eigenvalue weighted by atomic mass is 16.5. The van der Waals surface area contributed by atoms with Crippen molar-refractivity contribution >= 4 is 5.96 Å². The topological polar surface area (TPSA) is 68.9 Å². The molecule has 22 heavy (non-hydrogen) atoms. The van der Waals surface area contributed by atoms with Crippen LogP contribution in [0.25, 0.3) is 0 Å². The largest absolute Gasteiger partial charge is 0.497 e. The summed E-state index contributed by atoms with van der Waals surface area (Å²) in [7, 11) is 1.66. The normalized spacial score (nSPS) is 16.5. The molecule has 122 valence electrons. The summed E-state index contributed by atoms with van der Waals surface area (Å²) in [6.07, 6.45) is 6.31. The first kappa shape index (κ1) is 16.6. The molecule has 1 saturated carbocycles. The van der Waals surface area contributed by atoms with Crippen molar-refractivity contribution in [2.45, 2.75) is 44.8 Å². The number of rotatable bonds is 7. The Morgan fingerprint density at radius 3 is 2.64 bits per heavy atom. The molecular weight excluding hydrogens is 278 g/mol. The van der Waals surface area contributed by atoms with Crippen molar-refractivity contribution in [2.75, 3.05) is 20.3 Å². The van der Waals surface area contributed by atoms with Crippen LogP contribution < -0.4 is 15.8 Å². The standard InChI is InChI=1S/C17H27N3O2/c1-21-16-9-7-14(8-10-16)13-22-12-11-19-17(18)20-15-5-3-2-4-6-15/h7-10,15H,2-6,11-13H2,1H3,(H3,18,19,20). The van der Waals surface area contributed by atoms with Gasteiger partial charge in [0.1, 0.15) is 5.75 Å². The second-order valence-electron chi connectivity index (χ2n) is 5.65. The quantitative estimate of drug-likeness (QED) is 0.461. The van der Waals surface area contributed by atoms with Gasteiger partial charge in [0, 0.05) is 6.04 Å². The van der Waals surface area contributed by atoms with E-state index in [0.717, 1.165) is 11.3 Å². The summed E-state index contributed by atoms with van der Waals surface area (Å²) in [5.74, 6) is 1.40. The van der Waals surface area contributed by atoms with Gasteiger partial charge in [-0.05, 0) is 30.5 Å². The van der Waals surface area contributed by atoms with Crippen LogP contribution in [0.1, 0.15) is 37.7 Å². The maximum Gasteiger partial charge on any atom is 0.188 e. The van der Waals surface area contributed by atoms with E-state index in [0.29, 0.717) is 31.8 Å². The lowest BCUT2D eigenvalue weighted by Gasteiger charge is -2.23. The minimum atomic E-state index is 0.498. The highest BCUT2D eigenvalue weighted by molar-refractivity contribution is 5.78. The van der Waals surface area contributed by atoms with E-state index in [4.69, 9.17) is 15.2 Å². The van der Waals surface area contributed by atoms with Gasteiger partial charge in [-0.15, -0.1) is 0 Å². The fourth-order valence-corrected chi connectivity index (χ4v) is 2.64. The molecule has 2 rings (SSSR count). The second-order valence-corrected chi connectivity index (χ2v) is 5.65. The van der Waals surface area contributed by atoms with Crippen LogP contribution in [0.5, 0.6) is 5.75 Å². The van der Waals surface area contributed by atoms with Crippen LogP contribution in [0.3, 0.4) is 0 Å². The zero-order chi connectivity index (χ0) is 15.6. The Morgan fingerprint density at radius 2 is 1.95 bits per heavy atom. The van der Waals surface area contributed by atoms with Crippen molar-refractivity contribution in [3.05, 3.63) is 29.8 Å². The summed E-state index contributed by atoms with van der Waals surface area (Å²) >= 11 is 0. The lowest BCUT2D eigenvalue weighted by Crippen LogP contribution is -2.41. The number of hydrogen-bond donors (Lipinski definition) is 2. The minimum absolute atomic E-state index is 0.498. The van der Waals surface area contributed by atoms with Crippen LogP contribution in [0.2, 0.25) is 0 Å². The minimum Gasteiger partial charge on any atom is -0.497 e. The van der Waals surface area contributed by atoms with Crippen molar-refractivity contribution in [3.63, 3.8) is 0 Å². The van der Waals surface area contributed by atoms with Gasteiger partial charge < -0.3 is 20.5 Å². The molecule has 1 aromatic carbocycles. The van der Waals surface area contributed by atoms with Gasteiger partial charge in [-0.1, -0.05) is 31.4 Å². The first-order valence-corrected chi connectivity index (χ1v) is 8.05. The van der Waals surface area contributed by atoms with E-state index in [1.54, 1.807) is 7.11 Å². The zero-order valence-electron chi connectivity index (χ0n) is 13.4. The van der Waals surface area contributed by atoms with E-state index in [9.17, 15) is 0 Å². The smallest absolute Gasteiger partial charge is 0.188 e. The Balaban J connectivity index is 1.60. The van der Waals surface area contributed by atoms with E-state index in [1.807, 2.05) is 24.3 Å². The molecule has 0 unspecified atom stereocenters. The molecule has 0 aliphatic heterocycles. The van der Waals surface area contributed by atoms with Crippen molar-refractivity contribution in [2.24, 2.45) is 10.7 Å². The number of aliphatic imine (C=N–C) groups is 1. The maximum atomic E-state index is 5.90. The lowest BCUT2D eigenvalue weighted by molar-refractivity contribution is 0.128. The van der Waals surface area contributed by atoms with Crippen molar-refractivity contribution in [3.8, 4) is 5.75 Å². The van der Waals surface area contributed by atoms with Crippen molar-refractivity contribution < 1.29 is 9.47 Å². The Labute approximate surface area is 132 Å². The van der Waals surface area contributed by atoms with Gasteiger partial charge in [-0.3, -0.25) is 4.99 Å². The summed E-state index contributed by atoms with van der Waals surface area (Å²) in [5.41, 5.74) is 7.02. The first-order valence-electron chi connectivity index (χ1n) is 8.05. The van der Waals surface area contributed by atoms with Gasteiger partial charge in [-0.2, -0.15) is 0 Å². The molecule has 0 radical (unpaired) electrons. The van der Waals surface area contributed by atoms with Gasteiger partial charge in [0.25, 0.3) is 0 Å². The van der Waals surface area contributed by atoms with Crippen LogP contribution in [0.15, 0.2) is 29.3 Å². The Hall–Kier alpha value is -1.75. The van der Waals surface area contributed by atoms with Gasteiger partial charge in [0.2, 0.25) is 0 Å². The Kier molecular flexibility index (Phi) is 7.03. The lowest BCUT2D eigenvalue weighted by atomic mass is 9.96. The Bertz CT molecular complexity index is 453. The number of hydrogen-bond acceptors (Lipinski definition) is 3. The third-order valence-corrected chi connectivity index (χ3v) is 3.90.